The minimum absolute atomic E-state index is 0. The van der Waals surface area contributed by atoms with Crippen molar-refractivity contribution < 1.29 is 0 Å². The number of hydrogen-bond donors (Lipinski definition) is 1. The van der Waals surface area contributed by atoms with Gasteiger partial charge in [-0.2, -0.15) is 0 Å². The van der Waals surface area contributed by atoms with E-state index in [9.17, 15) is 0 Å². The third-order valence-corrected chi connectivity index (χ3v) is 4.87. The standard InChI is InChI=1S/C16H24N6S.ClH/c1-11(2)14-8-12(3)19-16(20-14)22-6-4-21(5-7-22)10-13-9-18-15(17)23-13;/h8-9,11H,4-7,10H2,1-3H3,(H2,17,18);1H. The molecular formula is C16H25ClN6S. The van der Waals surface area contributed by atoms with Crippen molar-refractivity contribution in [2.45, 2.75) is 33.2 Å². The molecule has 132 valence electrons. The number of nitrogen functional groups attached to an aromatic ring is 1. The van der Waals surface area contributed by atoms with Crippen LogP contribution >= 0.6 is 23.7 Å². The van der Waals surface area contributed by atoms with Gasteiger partial charge in [0.05, 0.1) is 0 Å². The highest BCUT2D eigenvalue weighted by atomic mass is 35.5. The Labute approximate surface area is 153 Å². The second-order valence-corrected chi connectivity index (χ2v) is 7.46. The molecule has 24 heavy (non-hydrogen) atoms. The highest BCUT2D eigenvalue weighted by molar-refractivity contribution is 7.15. The van der Waals surface area contributed by atoms with Crippen LogP contribution in [0.25, 0.3) is 0 Å². The van der Waals surface area contributed by atoms with E-state index in [1.807, 2.05) is 13.1 Å². The van der Waals surface area contributed by atoms with Crippen molar-refractivity contribution in [2.75, 3.05) is 36.8 Å². The Balaban J connectivity index is 0.00000208. The number of aryl methyl sites for hydroxylation is 1. The SMILES string of the molecule is Cc1cc(C(C)C)nc(N2CCN(Cc3cnc(N)s3)CC2)n1.Cl. The Bertz CT molecular complexity index is 666. The van der Waals surface area contributed by atoms with Crippen molar-refractivity contribution in [2.24, 2.45) is 0 Å². The quantitative estimate of drug-likeness (QED) is 0.894. The molecule has 0 atom stereocenters. The van der Waals surface area contributed by atoms with Gasteiger partial charge in [0, 0.05) is 55.2 Å². The van der Waals surface area contributed by atoms with Gasteiger partial charge in [0.25, 0.3) is 0 Å². The van der Waals surface area contributed by atoms with Crippen LogP contribution < -0.4 is 10.6 Å². The summed E-state index contributed by atoms with van der Waals surface area (Å²) in [6.07, 6.45) is 1.88. The fraction of sp³-hybridized carbons (Fsp3) is 0.562. The zero-order chi connectivity index (χ0) is 16.4. The maximum Gasteiger partial charge on any atom is 0.225 e. The van der Waals surface area contributed by atoms with Crippen LogP contribution in [0.5, 0.6) is 0 Å². The summed E-state index contributed by atoms with van der Waals surface area (Å²) in [5.41, 5.74) is 7.86. The lowest BCUT2D eigenvalue weighted by atomic mass is 10.1. The van der Waals surface area contributed by atoms with E-state index in [1.54, 1.807) is 11.3 Å². The molecule has 8 heteroatoms. The number of rotatable bonds is 4. The summed E-state index contributed by atoms with van der Waals surface area (Å²) in [7, 11) is 0. The van der Waals surface area contributed by atoms with Crippen molar-refractivity contribution in [3.8, 4) is 0 Å². The molecule has 0 radical (unpaired) electrons. The Morgan fingerprint density at radius 2 is 1.92 bits per heavy atom. The molecule has 2 N–H and O–H groups in total. The van der Waals surface area contributed by atoms with Crippen LogP contribution in [0, 0.1) is 6.92 Å². The topological polar surface area (TPSA) is 71.2 Å². The average molecular weight is 369 g/mol. The van der Waals surface area contributed by atoms with E-state index in [-0.39, 0.29) is 12.4 Å². The Morgan fingerprint density at radius 3 is 2.50 bits per heavy atom. The number of piperazine rings is 1. The number of thiazole rings is 1. The fourth-order valence-corrected chi connectivity index (χ4v) is 3.46. The minimum atomic E-state index is 0. The van der Waals surface area contributed by atoms with E-state index < -0.39 is 0 Å². The zero-order valence-electron chi connectivity index (χ0n) is 14.4. The third kappa shape index (κ3) is 4.55. The average Bonchev–Trinajstić information content (AvgIpc) is 2.92. The molecule has 0 aliphatic carbocycles. The molecule has 3 heterocycles. The number of nitrogens with two attached hydrogens (primary N) is 1. The molecule has 0 unspecified atom stereocenters. The lowest BCUT2D eigenvalue weighted by molar-refractivity contribution is 0.250. The molecule has 3 rings (SSSR count). The molecule has 0 spiro atoms. The molecule has 1 aliphatic heterocycles. The van der Waals surface area contributed by atoms with Crippen LogP contribution in [0.3, 0.4) is 0 Å². The summed E-state index contributed by atoms with van der Waals surface area (Å²) in [4.78, 5) is 19.4. The Hall–Kier alpha value is -1.44. The monoisotopic (exact) mass is 368 g/mol. The van der Waals surface area contributed by atoms with Gasteiger partial charge < -0.3 is 10.6 Å². The van der Waals surface area contributed by atoms with Gasteiger partial charge in [-0.3, -0.25) is 4.90 Å². The van der Waals surface area contributed by atoms with Crippen molar-refractivity contribution in [1.82, 2.24) is 19.9 Å². The maximum atomic E-state index is 5.70. The lowest BCUT2D eigenvalue weighted by Crippen LogP contribution is -2.46. The molecule has 0 bridgehead atoms. The van der Waals surface area contributed by atoms with Crippen LogP contribution in [0.1, 0.15) is 36.0 Å². The summed E-state index contributed by atoms with van der Waals surface area (Å²) < 4.78 is 0. The molecule has 0 amide bonds. The van der Waals surface area contributed by atoms with E-state index in [1.165, 1.54) is 4.88 Å². The first-order chi connectivity index (χ1) is 11.0. The van der Waals surface area contributed by atoms with E-state index in [2.05, 4.69) is 39.7 Å². The second kappa shape index (κ2) is 8.09. The molecule has 6 nitrogen and oxygen atoms in total. The number of nitrogens with zero attached hydrogens (tertiary/aromatic N) is 5. The summed E-state index contributed by atoms with van der Waals surface area (Å²) in [6.45, 7) is 11.2. The van der Waals surface area contributed by atoms with E-state index >= 15 is 0 Å². The fourth-order valence-electron chi connectivity index (χ4n) is 2.74. The Morgan fingerprint density at radius 1 is 1.21 bits per heavy atom. The molecule has 1 saturated heterocycles. The molecule has 0 saturated carbocycles. The molecule has 2 aromatic rings. The van der Waals surface area contributed by atoms with Crippen LogP contribution in [-0.2, 0) is 6.54 Å². The van der Waals surface area contributed by atoms with E-state index in [4.69, 9.17) is 10.7 Å². The first-order valence-corrected chi connectivity index (χ1v) is 8.86. The number of hydrogen-bond acceptors (Lipinski definition) is 7. The normalized spacial score (nSPS) is 15.6. The first-order valence-electron chi connectivity index (χ1n) is 8.04. The highest BCUT2D eigenvalue weighted by Gasteiger charge is 2.20. The highest BCUT2D eigenvalue weighted by Crippen LogP contribution is 2.20. The molecule has 0 aromatic carbocycles. The van der Waals surface area contributed by atoms with Crippen LogP contribution in [-0.4, -0.2) is 46.0 Å². The summed E-state index contributed by atoms with van der Waals surface area (Å²) in [6, 6.07) is 2.08. The molecule has 1 fully saturated rings. The van der Waals surface area contributed by atoms with E-state index in [0.29, 0.717) is 11.0 Å². The van der Waals surface area contributed by atoms with Crippen LogP contribution in [0.2, 0.25) is 0 Å². The van der Waals surface area contributed by atoms with Gasteiger partial charge in [0.1, 0.15) is 0 Å². The lowest BCUT2D eigenvalue weighted by Gasteiger charge is -2.34. The van der Waals surface area contributed by atoms with E-state index in [0.717, 1.165) is 50.1 Å². The summed E-state index contributed by atoms with van der Waals surface area (Å²) in [5.74, 6) is 1.30. The summed E-state index contributed by atoms with van der Waals surface area (Å²) >= 11 is 1.57. The maximum absolute atomic E-state index is 5.70. The number of halogens is 1. The first kappa shape index (κ1) is 18.9. The van der Waals surface area contributed by atoms with Gasteiger partial charge in [0.2, 0.25) is 5.95 Å². The predicted molar refractivity (Wildman–Crippen MR) is 102 cm³/mol. The molecule has 1 aliphatic rings. The van der Waals surface area contributed by atoms with Crippen molar-refractivity contribution in [3.63, 3.8) is 0 Å². The number of aromatic nitrogens is 3. The third-order valence-electron chi connectivity index (χ3n) is 4.06. The zero-order valence-corrected chi connectivity index (χ0v) is 16.0. The second-order valence-electron chi connectivity index (χ2n) is 6.32. The van der Waals surface area contributed by atoms with Crippen LogP contribution in [0.4, 0.5) is 11.1 Å². The van der Waals surface area contributed by atoms with Crippen molar-refractivity contribution in [1.29, 1.82) is 0 Å². The molecular weight excluding hydrogens is 344 g/mol. The van der Waals surface area contributed by atoms with Gasteiger partial charge in [-0.1, -0.05) is 13.8 Å². The molecule has 2 aromatic heterocycles. The smallest absolute Gasteiger partial charge is 0.225 e. The van der Waals surface area contributed by atoms with Gasteiger partial charge in [0.15, 0.2) is 5.13 Å². The number of anilines is 2. The van der Waals surface area contributed by atoms with Gasteiger partial charge in [-0.25, -0.2) is 15.0 Å². The van der Waals surface area contributed by atoms with Crippen LogP contribution in [0.15, 0.2) is 12.3 Å². The minimum Gasteiger partial charge on any atom is -0.375 e. The van der Waals surface area contributed by atoms with Gasteiger partial charge >= 0.3 is 0 Å². The Kier molecular flexibility index (Phi) is 6.37. The largest absolute Gasteiger partial charge is 0.375 e. The van der Waals surface area contributed by atoms with Gasteiger partial charge in [-0.15, -0.1) is 23.7 Å². The predicted octanol–water partition coefficient (Wildman–Crippen LogP) is 2.69. The van der Waals surface area contributed by atoms with Crippen molar-refractivity contribution >= 4 is 34.8 Å². The van der Waals surface area contributed by atoms with Crippen molar-refractivity contribution in [3.05, 3.63) is 28.5 Å². The summed E-state index contributed by atoms with van der Waals surface area (Å²) in [5, 5.41) is 0.646. The van der Waals surface area contributed by atoms with Gasteiger partial charge in [-0.05, 0) is 18.9 Å².